The number of carbonyl (C=O) groups excluding carboxylic acids is 1. The Morgan fingerprint density at radius 2 is 1.96 bits per heavy atom. The van der Waals surface area contributed by atoms with E-state index in [9.17, 15) is 4.79 Å². The van der Waals surface area contributed by atoms with Gasteiger partial charge in [0.2, 0.25) is 0 Å². The molecule has 2 aromatic heterocycles. The minimum Gasteiger partial charge on any atom is -0.497 e. The lowest BCUT2D eigenvalue weighted by Gasteiger charge is -2.03. The van der Waals surface area contributed by atoms with Gasteiger partial charge >= 0.3 is 5.97 Å². The lowest BCUT2D eigenvalue weighted by Crippen LogP contribution is -2.11. The zero-order valence-electron chi connectivity index (χ0n) is 12.8. The van der Waals surface area contributed by atoms with Crippen LogP contribution in [0.3, 0.4) is 0 Å². The minimum absolute atomic E-state index is 0.00288. The molecule has 24 heavy (non-hydrogen) atoms. The van der Waals surface area contributed by atoms with Crippen molar-refractivity contribution >= 4 is 23.1 Å². The summed E-state index contributed by atoms with van der Waals surface area (Å²) >= 11 is 1.47. The highest BCUT2D eigenvalue weighted by Gasteiger charge is 2.14. The number of methoxy groups -OCH3 is 1. The van der Waals surface area contributed by atoms with Crippen LogP contribution in [-0.4, -0.2) is 28.0 Å². The number of ether oxygens (including phenoxy) is 2. The van der Waals surface area contributed by atoms with Crippen molar-refractivity contribution in [1.29, 1.82) is 0 Å². The van der Waals surface area contributed by atoms with Gasteiger partial charge in [0.25, 0.3) is 0 Å². The molecule has 0 saturated carbocycles. The second-order valence-electron chi connectivity index (χ2n) is 4.74. The number of carbonyl (C=O) groups is 1. The maximum atomic E-state index is 11.9. The van der Waals surface area contributed by atoms with Crippen LogP contribution in [0.5, 0.6) is 5.75 Å². The first-order valence-corrected chi connectivity index (χ1v) is 7.88. The van der Waals surface area contributed by atoms with Crippen LogP contribution in [0.25, 0.3) is 10.6 Å². The third-order valence-corrected chi connectivity index (χ3v) is 4.10. The summed E-state index contributed by atoms with van der Waals surface area (Å²) < 4.78 is 10.3. The molecular weight excluding hydrogens is 328 g/mol. The van der Waals surface area contributed by atoms with E-state index in [0.29, 0.717) is 5.69 Å². The van der Waals surface area contributed by atoms with Crippen molar-refractivity contribution in [2.45, 2.75) is 6.61 Å². The zero-order valence-corrected chi connectivity index (χ0v) is 13.6. The van der Waals surface area contributed by atoms with E-state index < -0.39 is 5.97 Å². The van der Waals surface area contributed by atoms with Crippen molar-refractivity contribution in [3.63, 3.8) is 0 Å². The molecule has 1 aromatic carbocycles. The van der Waals surface area contributed by atoms with E-state index in [2.05, 4.69) is 15.0 Å². The number of hydrogen-bond acceptors (Lipinski definition) is 8. The minimum atomic E-state index is -0.625. The zero-order chi connectivity index (χ0) is 16.9. The van der Waals surface area contributed by atoms with E-state index in [1.165, 1.54) is 23.7 Å². The Labute approximate surface area is 142 Å². The molecule has 2 N–H and O–H groups in total. The molecule has 8 heteroatoms. The van der Waals surface area contributed by atoms with Crippen LogP contribution in [-0.2, 0) is 11.3 Å². The van der Waals surface area contributed by atoms with Gasteiger partial charge in [0.05, 0.1) is 12.8 Å². The second kappa shape index (κ2) is 7.05. The summed E-state index contributed by atoms with van der Waals surface area (Å²) in [6.45, 7) is 0.0432. The van der Waals surface area contributed by atoms with Crippen molar-refractivity contribution < 1.29 is 14.3 Å². The molecule has 0 saturated heterocycles. The molecule has 7 nitrogen and oxygen atoms in total. The fourth-order valence-electron chi connectivity index (χ4n) is 1.95. The molecule has 3 aromatic rings. The summed E-state index contributed by atoms with van der Waals surface area (Å²) in [5, 5.41) is 2.68. The van der Waals surface area contributed by atoms with Gasteiger partial charge in [-0.15, -0.1) is 11.3 Å². The van der Waals surface area contributed by atoms with Crippen LogP contribution in [0.15, 0.2) is 42.0 Å². The summed E-state index contributed by atoms with van der Waals surface area (Å²) in [7, 11) is 1.62. The van der Waals surface area contributed by atoms with Gasteiger partial charge in [-0.1, -0.05) is 0 Å². The van der Waals surface area contributed by atoms with Gasteiger partial charge in [0.15, 0.2) is 11.5 Å². The molecule has 0 amide bonds. The van der Waals surface area contributed by atoms with Crippen LogP contribution in [0.1, 0.15) is 16.2 Å². The second-order valence-corrected chi connectivity index (χ2v) is 5.60. The first-order chi connectivity index (χ1) is 11.7. The Morgan fingerprint density at radius 1 is 1.21 bits per heavy atom. The smallest absolute Gasteiger partial charge is 0.361 e. The van der Waals surface area contributed by atoms with Gasteiger partial charge in [0, 0.05) is 23.3 Å². The average Bonchev–Trinajstić information content (AvgIpc) is 3.09. The SMILES string of the molecule is COc1ccc(-c2nc(COC(=O)c3nccnc3N)cs2)cc1. The molecule has 3 rings (SSSR count). The highest BCUT2D eigenvalue weighted by Crippen LogP contribution is 2.26. The number of esters is 1. The molecule has 0 aliphatic rings. The van der Waals surface area contributed by atoms with E-state index >= 15 is 0 Å². The lowest BCUT2D eigenvalue weighted by atomic mass is 10.2. The number of thiazole rings is 1. The topological polar surface area (TPSA) is 100 Å². The maximum absolute atomic E-state index is 11.9. The Hall–Kier alpha value is -3.00. The molecule has 0 radical (unpaired) electrons. The number of anilines is 1. The molecule has 0 aliphatic carbocycles. The molecule has 0 fully saturated rings. The average molecular weight is 342 g/mol. The maximum Gasteiger partial charge on any atom is 0.361 e. The normalized spacial score (nSPS) is 10.4. The summed E-state index contributed by atoms with van der Waals surface area (Å²) in [5.74, 6) is 0.199. The number of hydrogen-bond donors (Lipinski definition) is 1. The van der Waals surface area contributed by atoms with Gasteiger partial charge in [-0.3, -0.25) is 0 Å². The summed E-state index contributed by atoms with van der Waals surface area (Å²) in [4.78, 5) is 24.1. The summed E-state index contributed by atoms with van der Waals surface area (Å²) in [6, 6.07) is 7.59. The standard InChI is InChI=1S/C16H14N4O3S/c1-22-12-4-2-10(3-5-12)15-20-11(9-24-15)8-23-16(21)13-14(17)19-7-6-18-13/h2-7,9H,8H2,1H3,(H2,17,19). The fourth-order valence-corrected chi connectivity index (χ4v) is 2.76. The largest absolute Gasteiger partial charge is 0.497 e. The Bertz CT molecular complexity index is 849. The van der Waals surface area contributed by atoms with Crippen LogP contribution < -0.4 is 10.5 Å². The first kappa shape index (κ1) is 15.9. The van der Waals surface area contributed by atoms with Gasteiger partial charge in [-0.2, -0.15) is 0 Å². The van der Waals surface area contributed by atoms with Crippen molar-refractivity contribution in [2.24, 2.45) is 0 Å². The van der Waals surface area contributed by atoms with Crippen molar-refractivity contribution in [2.75, 3.05) is 12.8 Å². The number of nitrogen functional groups attached to an aromatic ring is 1. The molecule has 122 valence electrons. The lowest BCUT2D eigenvalue weighted by molar-refractivity contribution is 0.0462. The Kier molecular flexibility index (Phi) is 4.66. The number of nitrogens with two attached hydrogens (primary N) is 1. The Morgan fingerprint density at radius 3 is 2.67 bits per heavy atom. The quantitative estimate of drug-likeness (QED) is 0.711. The van der Waals surface area contributed by atoms with Crippen LogP contribution in [0, 0.1) is 0 Å². The van der Waals surface area contributed by atoms with Gasteiger partial charge in [-0.05, 0) is 24.3 Å². The molecule has 0 bridgehead atoms. The first-order valence-electron chi connectivity index (χ1n) is 7.00. The number of benzene rings is 1. The van der Waals surface area contributed by atoms with Crippen molar-refractivity contribution in [3.05, 3.63) is 53.4 Å². The van der Waals surface area contributed by atoms with E-state index in [4.69, 9.17) is 15.2 Å². The van der Waals surface area contributed by atoms with Crippen LogP contribution >= 0.6 is 11.3 Å². The van der Waals surface area contributed by atoms with Gasteiger partial charge in [-0.25, -0.2) is 19.7 Å². The van der Waals surface area contributed by atoms with E-state index in [-0.39, 0.29) is 18.1 Å². The van der Waals surface area contributed by atoms with Gasteiger partial charge in [0.1, 0.15) is 17.4 Å². The predicted molar refractivity (Wildman–Crippen MR) is 89.7 cm³/mol. The monoisotopic (exact) mass is 342 g/mol. The third kappa shape index (κ3) is 3.49. The molecule has 0 atom stereocenters. The van der Waals surface area contributed by atoms with E-state index in [1.807, 2.05) is 29.6 Å². The number of rotatable bonds is 5. The highest BCUT2D eigenvalue weighted by molar-refractivity contribution is 7.13. The highest BCUT2D eigenvalue weighted by atomic mass is 32.1. The van der Waals surface area contributed by atoms with Crippen LogP contribution in [0.2, 0.25) is 0 Å². The molecule has 0 unspecified atom stereocenters. The van der Waals surface area contributed by atoms with Crippen LogP contribution in [0.4, 0.5) is 5.82 Å². The molecule has 0 spiro atoms. The van der Waals surface area contributed by atoms with Crippen molar-refractivity contribution in [1.82, 2.24) is 15.0 Å². The Balaban J connectivity index is 1.66. The van der Waals surface area contributed by atoms with E-state index in [1.54, 1.807) is 7.11 Å². The molecule has 0 aliphatic heterocycles. The molecular formula is C16H14N4O3S. The van der Waals surface area contributed by atoms with E-state index in [0.717, 1.165) is 16.3 Å². The predicted octanol–water partition coefficient (Wildman–Crippen LogP) is 2.55. The third-order valence-electron chi connectivity index (χ3n) is 3.16. The van der Waals surface area contributed by atoms with Gasteiger partial charge < -0.3 is 15.2 Å². The molecule has 2 heterocycles. The van der Waals surface area contributed by atoms with Crippen molar-refractivity contribution in [3.8, 4) is 16.3 Å². The number of aromatic nitrogens is 3. The fraction of sp³-hybridized carbons (Fsp3) is 0.125. The number of nitrogens with zero attached hydrogens (tertiary/aromatic N) is 3. The summed E-state index contributed by atoms with van der Waals surface area (Å²) in [5.41, 5.74) is 7.22. The summed E-state index contributed by atoms with van der Waals surface area (Å²) in [6.07, 6.45) is 2.80.